The Morgan fingerprint density at radius 2 is 1.85 bits per heavy atom. The highest BCUT2D eigenvalue weighted by molar-refractivity contribution is 5.76. The number of hydrogen-bond acceptors (Lipinski definition) is 6. The number of nitrogens with one attached hydrogen (secondary N) is 2. The van der Waals surface area contributed by atoms with Crippen LogP contribution in [0.5, 0.6) is 5.75 Å². The van der Waals surface area contributed by atoms with Crippen molar-refractivity contribution in [2.45, 2.75) is 70.3 Å². The fourth-order valence-corrected chi connectivity index (χ4v) is 5.02. The zero-order valence-electron chi connectivity index (χ0n) is 19.9. The third kappa shape index (κ3) is 6.15. The lowest BCUT2D eigenvalue weighted by molar-refractivity contribution is -0.121. The van der Waals surface area contributed by atoms with Gasteiger partial charge in [0, 0.05) is 38.7 Å². The molecule has 2 aliphatic rings. The van der Waals surface area contributed by atoms with Gasteiger partial charge in [0.05, 0.1) is 5.69 Å². The predicted octanol–water partition coefficient (Wildman–Crippen LogP) is 3.85. The van der Waals surface area contributed by atoms with Crippen molar-refractivity contribution in [2.75, 3.05) is 30.9 Å². The van der Waals surface area contributed by atoms with Crippen molar-refractivity contribution in [2.24, 2.45) is 5.92 Å². The van der Waals surface area contributed by atoms with Gasteiger partial charge in [-0.2, -0.15) is 4.98 Å². The van der Waals surface area contributed by atoms with Crippen LogP contribution in [0.15, 0.2) is 24.3 Å². The van der Waals surface area contributed by atoms with Crippen molar-refractivity contribution in [3.05, 3.63) is 41.1 Å². The molecule has 1 heterocycles. The lowest BCUT2D eigenvalue weighted by atomic mass is 9.86. The maximum atomic E-state index is 12.3. The second-order valence-corrected chi connectivity index (χ2v) is 9.69. The van der Waals surface area contributed by atoms with E-state index in [1.54, 1.807) is 12.1 Å². The summed E-state index contributed by atoms with van der Waals surface area (Å²) in [7, 11) is 4.12. The number of fused-ring (bicyclic) bond motifs is 1. The van der Waals surface area contributed by atoms with E-state index in [2.05, 4.69) is 29.6 Å². The van der Waals surface area contributed by atoms with E-state index in [1.807, 2.05) is 12.1 Å². The van der Waals surface area contributed by atoms with E-state index in [9.17, 15) is 9.90 Å². The average Bonchev–Trinajstić information content (AvgIpc) is 2.82. The number of benzene rings is 1. The average molecular weight is 452 g/mol. The van der Waals surface area contributed by atoms with Gasteiger partial charge in [0.2, 0.25) is 11.9 Å². The van der Waals surface area contributed by atoms with Gasteiger partial charge in [-0.25, -0.2) is 4.98 Å². The van der Waals surface area contributed by atoms with Gasteiger partial charge in [0.1, 0.15) is 11.6 Å². The molecule has 178 valence electrons. The molecule has 1 saturated carbocycles. The third-order valence-electron chi connectivity index (χ3n) is 6.97. The quantitative estimate of drug-likeness (QED) is 0.565. The van der Waals surface area contributed by atoms with E-state index < -0.39 is 0 Å². The summed E-state index contributed by atoms with van der Waals surface area (Å²) in [4.78, 5) is 24.1. The fourth-order valence-electron chi connectivity index (χ4n) is 5.02. The van der Waals surface area contributed by atoms with E-state index in [4.69, 9.17) is 9.97 Å². The molecular weight excluding hydrogens is 414 g/mol. The summed E-state index contributed by atoms with van der Waals surface area (Å²) in [5.41, 5.74) is 3.35. The van der Waals surface area contributed by atoms with Crippen LogP contribution in [0.3, 0.4) is 0 Å². The molecule has 1 fully saturated rings. The molecule has 1 aromatic carbocycles. The molecule has 33 heavy (non-hydrogen) atoms. The highest BCUT2D eigenvalue weighted by atomic mass is 16.3. The molecular formula is C26H37N5O2. The first-order chi connectivity index (χ1) is 16.0. The monoisotopic (exact) mass is 451 g/mol. The molecule has 3 N–H and O–H groups in total. The molecule has 7 heteroatoms. The molecule has 0 unspecified atom stereocenters. The van der Waals surface area contributed by atoms with Crippen LogP contribution >= 0.6 is 0 Å². The molecule has 1 aromatic heterocycles. The van der Waals surface area contributed by atoms with E-state index in [0.717, 1.165) is 62.4 Å². The Labute approximate surface area is 197 Å². The van der Waals surface area contributed by atoms with Crippen LogP contribution in [-0.2, 0) is 24.1 Å². The molecule has 0 atom stereocenters. The zero-order chi connectivity index (χ0) is 23.2. The van der Waals surface area contributed by atoms with Gasteiger partial charge in [-0.3, -0.25) is 4.79 Å². The summed E-state index contributed by atoms with van der Waals surface area (Å²) in [5.74, 6) is 2.65. The van der Waals surface area contributed by atoms with Crippen molar-refractivity contribution < 1.29 is 9.90 Å². The number of anilines is 2. The van der Waals surface area contributed by atoms with Crippen LogP contribution in [0.1, 0.15) is 61.8 Å². The number of rotatable bonds is 8. The van der Waals surface area contributed by atoms with Crippen LogP contribution in [0.4, 0.5) is 11.8 Å². The minimum absolute atomic E-state index is 0.0529. The molecule has 2 aromatic rings. The van der Waals surface area contributed by atoms with E-state index in [1.165, 1.54) is 24.1 Å². The van der Waals surface area contributed by atoms with Gasteiger partial charge in [-0.05, 0) is 75.3 Å². The molecule has 1 amide bonds. The number of aromatic hydroxyl groups is 1. The maximum absolute atomic E-state index is 12.3. The molecule has 4 rings (SSSR count). The van der Waals surface area contributed by atoms with E-state index >= 15 is 0 Å². The van der Waals surface area contributed by atoms with Gasteiger partial charge < -0.3 is 20.6 Å². The first-order valence-electron chi connectivity index (χ1n) is 12.4. The number of phenols is 1. The number of aryl methyl sites for hydroxylation is 2. The Bertz CT molecular complexity index is 954. The van der Waals surface area contributed by atoms with E-state index in [-0.39, 0.29) is 11.7 Å². The van der Waals surface area contributed by atoms with Crippen LogP contribution in [0.25, 0.3) is 0 Å². The minimum Gasteiger partial charge on any atom is -0.508 e. The Kier molecular flexibility index (Phi) is 7.68. The number of carbonyl (C=O) groups is 1. The number of aromatic nitrogens is 2. The van der Waals surface area contributed by atoms with Crippen LogP contribution in [-0.4, -0.2) is 47.7 Å². The first-order valence-corrected chi connectivity index (χ1v) is 12.4. The lowest BCUT2D eigenvalue weighted by Gasteiger charge is -2.30. The Hall–Kier alpha value is -2.83. The lowest BCUT2D eigenvalue weighted by Crippen LogP contribution is -2.34. The zero-order valence-corrected chi connectivity index (χ0v) is 19.9. The number of phenolic OH excluding ortho intramolecular Hbond substituents is 1. The van der Waals surface area contributed by atoms with Crippen molar-refractivity contribution in [3.8, 4) is 5.75 Å². The summed E-state index contributed by atoms with van der Waals surface area (Å²) in [5, 5.41) is 16.5. The Morgan fingerprint density at radius 3 is 2.61 bits per heavy atom. The van der Waals surface area contributed by atoms with E-state index in [0.29, 0.717) is 24.8 Å². The predicted molar refractivity (Wildman–Crippen MR) is 132 cm³/mol. The molecule has 0 aliphatic heterocycles. The van der Waals surface area contributed by atoms with Gasteiger partial charge >= 0.3 is 0 Å². The Morgan fingerprint density at radius 1 is 1.09 bits per heavy atom. The first kappa shape index (κ1) is 23.3. The SMILES string of the molecule is CN(C)c1nc(NC2CCC(CNC(=O)CCc3ccccc3O)CC2)nc2c1CCCC2. The second kappa shape index (κ2) is 10.9. The summed E-state index contributed by atoms with van der Waals surface area (Å²) < 4.78 is 0. The van der Waals surface area contributed by atoms with Crippen LogP contribution < -0.4 is 15.5 Å². The highest BCUT2D eigenvalue weighted by Crippen LogP contribution is 2.30. The largest absolute Gasteiger partial charge is 0.508 e. The third-order valence-corrected chi connectivity index (χ3v) is 6.97. The molecule has 0 bridgehead atoms. The van der Waals surface area contributed by atoms with Gasteiger partial charge in [0.15, 0.2) is 0 Å². The van der Waals surface area contributed by atoms with Crippen molar-refractivity contribution >= 4 is 17.7 Å². The number of hydrogen-bond donors (Lipinski definition) is 3. The van der Waals surface area contributed by atoms with Crippen molar-refractivity contribution in [1.29, 1.82) is 0 Å². The van der Waals surface area contributed by atoms with Gasteiger partial charge in [-0.15, -0.1) is 0 Å². The number of para-hydroxylation sites is 1. The minimum atomic E-state index is 0.0529. The van der Waals surface area contributed by atoms with Gasteiger partial charge in [0.25, 0.3) is 0 Å². The standard InChI is InChI=1S/C26H37N5O2/c1-31(2)25-21-8-4-5-9-22(21)29-26(30-25)28-20-14-11-18(12-15-20)17-27-24(33)16-13-19-7-3-6-10-23(19)32/h3,6-7,10,18,20,32H,4-5,8-9,11-17H2,1-2H3,(H,27,33)(H,28,29,30). The Balaban J connectivity index is 1.22. The summed E-state index contributed by atoms with van der Waals surface area (Å²) in [6.07, 6.45) is 9.82. The molecule has 0 saturated heterocycles. The summed E-state index contributed by atoms with van der Waals surface area (Å²) in [6.45, 7) is 0.729. The molecule has 0 radical (unpaired) electrons. The van der Waals surface area contributed by atoms with Crippen molar-refractivity contribution in [1.82, 2.24) is 15.3 Å². The number of carbonyl (C=O) groups excluding carboxylic acids is 1. The smallest absolute Gasteiger partial charge is 0.225 e. The number of amides is 1. The second-order valence-electron chi connectivity index (χ2n) is 9.69. The van der Waals surface area contributed by atoms with Gasteiger partial charge in [-0.1, -0.05) is 18.2 Å². The molecule has 2 aliphatic carbocycles. The maximum Gasteiger partial charge on any atom is 0.225 e. The highest BCUT2D eigenvalue weighted by Gasteiger charge is 2.24. The normalized spacial score (nSPS) is 20.1. The summed E-state index contributed by atoms with van der Waals surface area (Å²) in [6, 6.07) is 7.59. The topological polar surface area (TPSA) is 90.4 Å². The number of nitrogens with zero attached hydrogens (tertiary/aromatic N) is 3. The molecule has 7 nitrogen and oxygen atoms in total. The van der Waals surface area contributed by atoms with Crippen molar-refractivity contribution in [3.63, 3.8) is 0 Å². The van der Waals surface area contributed by atoms with Crippen LogP contribution in [0, 0.1) is 5.92 Å². The fraction of sp³-hybridized carbons (Fsp3) is 0.577. The summed E-state index contributed by atoms with van der Waals surface area (Å²) >= 11 is 0. The molecule has 0 spiro atoms. The van der Waals surface area contributed by atoms with Crippen LogP contribution in [0.2, 0.25) is 0 Å².